The summed E-state index contributed by atoms with van der Waals surface area (Å²) < 4.78 is 5.90. The standard InChI is InChI=1S/C19H19N5O/c1-13-7-8-15(11-21-13)25-19-14(4-3-9-20-19)10-22-18-16-5-2-6-17(16)23-12-24-18/h3-4,7-9,11-12H,2,5-6,10H2,1H3,(H,22,23,24). The van der Waals surface area contributed by atoms with Crippen LogP contribution in [0.25, 0.3) is 0 Å². The summed E-state index contributed by atoms with van der Waals surface area (Å²) in [7, 11) is 0. The second-order valence-corrected chi connectivity index (χ2v) is 6.06. The molecule has 0 amide bonds. The summed E-state index contributed by atoms with van der Waals surface area (Å²) in [5.41, 5.74) is 4.31. The van der Waals surface area contributed by atoms with Crippen LogP contribution in [0.3, 0.4) is 0 Å². The number of fused-ring (bicyclic) bond motifs is 1. The van der Waals surface area contributed by atoms with Gasteiger partial charge in [-0.15, -0.1) is 0 Å². The Hall–Kier alpha value is -3.02. The number of hydrogen-bond acceptors (Lipinski definition) is 6. The Morgan fingerprint density at radius 2 is 2.04 bits per heavy atom. The molecule has 6 heteroatoms. The fourth-order valence-electron chi connectivity index (χ4n) is 2.97. The summed E-state index contributed by atoms with van der Waals surface area (Å²) in [4.78, 5) is 17.4. The van der Waals surface area contributed by atoms with E-state index in [1.165, 1.54) is 5.56 Å². The number of ether oxygens (including phenoxy) is 1. The van der Waals surface area contributed by atoms with Gasteiger partial charge < -0.3 is 10.1 Å². The number of aryl methyl sites for hydroxylation is 2. The first-order valence-electron chi connectivity index (χ1n) is 8.40. The second kappa shape index (κ2) is 6.84. The van der Waals surface area contributed by atoms with Gasteiger partial charge >= 0.3 is 0 Å². The number of nitrogens with one attached hydrogen (secondary N) is 1. The Morgan fingerprint density at radius 3 is 2.92 bits per heavy atom. The molecule has 0 aliphatic heterocycles. The average molecular weight is 333 g/mol. The summed E-state index contributed by atoms with van der Waals surface area (Å²) in [5, 5.41) is 3.41. The molecule has 4 rings (SSSR count). The van der Waals surface area contributed by atoms with Crippen molar-refractivity contribution in [2.24, 2.45) is 0 Å². The largest absolute Gasteiger partial charge is 0.437 e. The second-order valence-electron chi connectivity index (χ2n) is 6.06. The van der Waals surface area contributed by atoms with Crippen LogP contribution >= 0.6 is 0 Å². The van der Waals surface area contributed by atoms with Gasteiger partial charge in [-0.25, -0.2) is 15.0 Å². The van der Waals surface area contributed by atoms with Gasteiger partial charge in [-0.1, -0.05) is 6.07 Å². The summed E-state index contributed by atoms with van der Waals surface area (Å²) in [6, 6.07) is 7.71. The number of nitrogens with zero attached hydrogens (tertiary/aromatic N) is 4. The molecule has 0 aromatic carbocycles. The van der Waals surface area contributed by atoms with Gasteiger partial charge in [0.15, 0.2) is 0 Å². The number of pyridine rings is 2. The molecule has 3 aromatic rings. The highest BCUT2D eigenvalue weighted by molar-refractivity contribution is 5.49. The molecule has 0 unspecified atom stereocenters. The van der Waals surface area contributed by atoms with Crippen molar-refractivity contribution in [3.8, 4) is 11.6 Å². The first kappa shape index (κ1) is 15.5. The molecule has 0 saturated carbocycles. The van der Waals surface area contributed by atoms with E-state index in [-0.39, 0.29) is 0 Å². The van der Waals surface area contributed by atoms with Gasteiger partial charge in [0, 0.05) is 35.3 Å². The Morgan fingerprint density at radius 1 is 1.08 bits per heavy atom. The van der Waals surface area contributed by atoms with E-state index in [1.807, 2.05) is 31.2 Å². The topological polar surface area (TPSA) is 72.8 Å². The predicted molar refractivity (Wildman–Crippen MR) is 94.7 cm³/mol. The van der Waals surface area contributed by atoms with Gasteiger partial charge in [0.2, 0.25) is 5.88 Å². The van der Waals surface area contributed by atoms with E-state index in [2.05, 4.69) is 25.3 Å². The van der Waals surface area contributed by atoms with Crippen LogP contribution in [0.2, 0.25) is 0 Å². The Balaban J connectivity index is 1.52. The molecule has 0 saturated heterocycles. The maximum Gasteiger partial charge on any atom is 0.224 e. The van der Waals surface area contributed by atoms with Gasteiger partial charge in [0.25, 0.3) is 0 Å². The lowest BCUT2D eigenvalue weighted by Crippen LogP contribution is -2.07. The monoisotopic (exact) mass is 333 g/mol. The summed E-state index contributed by atoms with van der Waals surface area (Å²) >= 11 is 0. The zero-order valence-electron chi connectivity index (χ0n) is 14.1. The predicted octanol–water partition coefficient (Wildman–Crippen LogP) is 3.47. The first-order valence-corrected chi connectivity index (χ1v) is 8.40. The average Bonchev–Trinajstić information content (AvgIpc) is 3.12. The highest BCUT2D eigenvalue weighted by Crippen LogP contribution is 2.27. The minimum atomic E-state index is 0.575. The van der Waals surface area contributed by atoms with E-state index >= 15 is 0 Å². The van der Waals surface area contributed by atoms with Crippen molar-refractivity contribution < 1.29 is 4.74 Å². The first-order chi connectivity index (χ1) is 12.3. The molecule has 0 fully saturated rings. The van der Waals surface area contributed by atoms with Crippen molar-refractivity contribution in [1.29, 1.82) is 0 Å². The molecule has 3 heterocycles. The molecule has 0 radical (unpaired) electrons. The molecule has 0 spiro atoms. The summed E-state index contributed by atoms with van der Waals surface area (Å²) in [6.07, 6.45) is 8.27. The van der Waals surface area contributed by atoms with Crippen LogP contribution in [0.1, 0.15) is 28.9 Å². The lowest BCUT2D eigenvalue weighted by atomic mass is 10.2. The van der Waals surface area contributed by atoms with E-state index in [1.54, 1.807) is 18.7 Å². The Labute approximate surface area is 146 Å². The van der Waals surface area contributed by atoms with Crippen molar-refractivity contribution in [1.82, 2.24) is 19.9 Å². The zero-order chi connectivity index (χ0) is 17.1. The smallest absolute Gasteiger partial charge is 0.224 e. The van der Waals surface area contributed by atoms with E-state index < -0.39 is 0 Å². The molecule has 1 aliphatic carbocycles. The number of rotatable bonds is 5. The van der Waals surface area contributed by atoms with Crippen molar-refractivity contribution >= 4 is 5.82 Å². The van der Waals surface area contributed by atoms with Crippen LogP contribution in [0.4, 0.5) is 5.82 Å². The molecule has 0 atom stereocenters. The third-order valence-electron chi connectivity index (χ3n) is 4.27. The third kappa shape index (κ3) is 3.42. The molecular formula is C19H19N5O. The molecule has 25 heavy (non-hydrogen) atoms. The number of hydrogen-bond donors (Lipinski definition) is 1. The minimum absolute atomic E-state index is 0.575. The van der Waals surface area contributed by atoms with Crippen LogP contribution in [0, 0.1) is 6.92 Å². The summed E-state index contributed by atoms with van der Waals surface area (Å²) in [5.74, 6) is 2.16. The van der Waals surface area contributed by atoms with Crippen molar-refractivity contribution in [2.45, 2.75) is 32.7 Å². The molecule has 1 aliphatic rings. The summed E-state index contributed by atoms with van der Waals surface area (Å²) in [6.45, 7) is 2.53. The Bertz CT molecular complexity index is 879. The van der Waals surface area contributed by atoms with E-state index in [4.69, 9.17) is 4.74 Å². The molecule has 6 nitrogen and oxygen atoms in total. The zero-order valence-corrected chi connectivity index (χ0v) is 14.1. The van der Waals surface area contributed by atoms with E-state index in [0.29, 0.717) is 18.2 Å². The minimum Gasteiger partial charge on any atom is -0.437 e. The van der Waals surface area contributed by atoms with E-state index in [9.17, 15) is 0 Å². The van der Waals surface area contributed by atoms with Crippen molar-refractivity contribution in [3.63, 3.8) is 0 Å². The molecule has 1 N–H and O–H groups in total. The SMILES string of the molecule is Cc1ccc(Oc2ncccc2CNc2ncnc3c2CCC3)cn1. The molecule has 0 bridgehead atoms. The van der Waals surface area contributed by atoms with Gasteiger partial charge in [-0.2, -0.15) is 0 Å². The van der Waals surface area contributed by atoms with Crippen molar-refractivity contribution in [2.75, 3.05) is 5.32 Å². The third-order valence-corrected chi connectivity index (χ3v) is 4.27. The maximum absolute atomic E-state index is 5.90. The molecule has 3 aromatic heterocycles. The fourth-order valence-corrected chi connectivity index (χ4v) is 2.97. The van der Waals surface area contributed by atoms with Gasteiger partial charge in [-0.3, -0.25) is 4.98 Å². The lowest BCUT2D eigenvalue weighted by molar-refractivity contribution is 0.454. The van der Waals surface area contributed by atoms with Gasteiger partial charge in [0.1, 0.15) is 17.9 Å². The maximum atomic E-state index is 5.90. The number of anilines is 1. The number of aromatic nitrogens is 4. The molecule has 126 valence electrons. The normalized spacial score (nSPS) is 12.7. The van der Waals surface area contributed by atoms with Gasteiger partial charge in [-0.05, 0) is 44.4 Å². The van der Waals surface area contributed by atoms with Crippen LogP contribution in [-0.2, 0) is 19.4 Å². The van der Waals surface area contributed by atoms with Crippen LogP contribution in [0.5, 0.6) is 11.6 Å². The highest BCUT2D eigenvalue weighted by Gasteiger charge is 2.17. The van der Waals surface area contributed by atoms with Gasteiger partial charge in [0.05, 0.1) is 6.20 Å². The van der Waals surface area contributed by atoms with E-state index in [0.717, 1.165) is 42.0 Å². The van der Waals surface area contributed by atoms with Crippen molar-refractivity contribution in [3.05, 3.63) is 65.5 Å². The quantitative estimate of drug-likeness (QED) is 0.771. The lowest BCUT2D eigenvalue weighted by Gasteiger charge is -2.12. The fraction of sp³-hybridized carbons (Fsp3) is 0.263. The van der Waals surface area contributed by atoms with Crippen LogP contribution < -0.4 is 10.1 Å². The molecular weight excluding hydrogens is 314 g/mol. The highest BCUT2D eigenvalue weighted by atomic mass is 16.5. The van der Waals surface area contributed by atoms with Crippen LogP contribution in [0.15, 0.2) is 43.0 Å². The Kier molecular flexibility index (Phi) is 4.24. The van der Waals surface area contributed by atoms with Crippen LogP contribution in [-0.4, -0.2) is 19.9 Å².